The van der Waals surface area contributed by atoms with Crippen molar-refractivity contribution in [1.29, 1.82) is 0 Å². The average molecular weight is 512 g/mol. The molecule has 1 aliphatic carbocycles. The van der Waals surface area contributed by atoms with Gasteiger partial charge in [0.15, 0.2) is 0 Å². The average Bonchev–Trinajstić information content (AvgIpc) is 3.32. The zero-order valence-corrected chi connectivity index (χ0v) is 21.6. The molecule has 8 heteroatoms. The Morgan fingerprint density at radius 1 is 1.05 bits per heavy atom. The molecule has 1 aromatic carbocycles. The lowest BCUT2D eigenvalue weighted by atomic mass is 9.96. The lowest BCUT2D eigenvalue weighted by Gasteiger charge is -2.32. The molecule has 1 N–H and O–H groups in total. The summed E-state index contributed by atoms with van der Waals surface area (Å²) in [4.78, 5) is 32.6. The minimum absolute atomic E-state index is 0.0442. The van der Waals surface area contributed by atoms with Crippen LogP contribution in [-0.4, -0.2) is 26.6 Å². The van der Waals surface area contributed by atoms with Gasteiger partial charge in [-0.05, 0) is 79.1 Å². The van der Waals surface area contributed by atoms with E-state index in [9.17, 15) is 14.0 Å². The molecule has 38 heavy (non-hydrogen) atoms. The summed E-state index contributed by atoms with van der Waals surface area (Å²) in [6.45, 7) is 3.50. The van der Waals surface area contributed by atoms with Crippen LogP contribution in [0.5, 0.6) is 0 Å². The first-order valence-electron chi connectivity index (χ1n) is 13.2. The largest absolute Gasteiger partial charge is 0.339 e. The summed E-state index contributed by atoms with van der Waals surface area (Å²) >= 11 is 0. The summed E-state index contributed by atoms with van der Waals surface area (Å²) < 4.78 is 17.1. The maximum Gasteiger partial charge on any atom is 0.274 e. The molecule has 6 rings (SSSR count). The number of rotatable bonds is 5. The number of nitrogens with one attached hydrogen (secondary N) is 1. The maximum absolute atomic E-state index is 13.7. The van der Waals surface area contributed by atoms with Gasteiger partial charge in [0.25, 0.3) is 11.5 Å². The van der Waals surface area contributed by atoms with E-state index < -0.39 is 5.82 Å². The fraction of sp³-hybridized carbons (Fsp3) is 0.300. The first kappa shape index (κ1) is 24.2. The Labute approximate surface area is 220 Å². The molecule has 0 saturated heterocycles. The number of fused-ring (bicyclic) bond motifs is 3. The number of pyridine rings is 2. The number of nitrogens with zero attached hydrogens (tertiary/aromatic N) is 4. The van der Waals surface area contributed by atoms with Gasteiger partial charge in [0, 0.05) is 43.3 Å². The lowest BCUT2D eigenvalue weighted by molar-refractivity contribution is 0.0964. The van der Waals surface area contributed by atoms with Crippen LogP contribution in [0.15, 0.2) is 59.7 Å². The predicted octanol–water partition coefficient (Wildman–Crippen LogP) is 5.23. The minimum atomic E-state index is -0.443. The summed E-state index contributed by atoms with van der Waals surface area (Å²) in [6, 6.07) is 12.7. The van der Waals surface area contributed by atoms with Crippen molar-refractivity contribution in [2.24, 2.45) is 7.05 Å². The number of halogens is 1. The highest BCUT2D eigenvalue weighted by Crippen LogP contribution is 2.36. The third-order valence-electron chi connectivity index (χ3n) is 7.70. The number of benzene rings is 1. The normalized spacial score (nSPS) is 14.8. The first-order chi connectivity index (χ1) is 18.4. The smallest absolute Gasteiger partial charge is 0.274 e. The van der Waals surface area contributed by atoms with E-state index in [1.165, 1.54) is 40.8 Å². The Kier molecular flexibility index (Phi) is 6.10. The van der Waals surface area contributed by atoms with E-state index in [1.54, 1.807) is 19.3 Å². The number of aromatic nitrogens is 3. The van der Waals surface area contributed by atoms with Crippen LogP contribution in [0.25, 0.3) is 11.1 Å². The van der Waals surface area contributed by atoms with E-state index >= 15 is 0 Å². The highest BCUT2D eigenvalue weighted by molar-refractivity contribution is 6.07. The van der Waals surface area contributed by atoms with Gasteiger partial charge in [0.2, 0.25) is 0 Å². The van der Waals surface area contributed by atoms with E-state index in [0.717, 1.165) is 60.1 Å². The first-order valence-corrected chi connectivity index (χ1v) is 13.2. The summed E-state index contributed by atoms with van der Waals surface area (Å²) in [5.74, 6) is -0.0151. The molecule has 0 unspecified atom stereocenters. The molecule has 0 bridgehead atoms. The lowest BCUT2D eigenvalue weighted by Crippen LogP contribution is -2.41. The van der Waals surface area contributed by atoms with Crippen molar-refractivity contribution in [2.45, 2.75) is 45.6 Å². The summed E-state index contributed by atoms with van der Waals surface area (Å²) in [5, 5.41) is 3.03. The number of aryl methyl sites for hydroxylation is 2. The highest BCUT2D eigenvalue weighted by atomic mass is 19.1. The van der Waals surface area contributed by atoms with E-state index in [2.05, 4.69) is 27.9 Å². The molecule has 3 aromatic heterocycles. The molecule has 194 valence electrons. The summed E-state index contributed by atoms with van der Waals surface area (Å²) in [5.41, 5.74) is 7.34. The van der Waals surface area contributed by atoms with Crippen molar-refractivity contribution < 1.29 is 9.18 Å². The Balaban J connectivity index is 1.39. The topological polar surface area (TPSA) is 72.2 Å². The fourth-order valence-corrected chi connectivity index (χ4v) is 5.87. The summed E-state index contributed by atoms with van der Waals surface area (Å²) in [6.07, 6.45) is 8.11. The van der Waals surface area contributed by atoms with Gasteiger partial charge in [-0.25, -0.2) is 9.37 Å². The summed E-state index contributed by atoms with van der Waals surface area (Å²) in [7, 11) is 1.70. The van der Waals surface area contributed by atoms with E-state index in [-0.39, 0.29) is 11.5 Å². The van der Waals surface area contributed by atoms with Crippen molar-refractivity contribution in [3.63, 3.8) is 0 Å². The number of hydrogen-bond donors (Lipinski definition) is 1. The molecule has 0 fully saturated rings. The number of carbonyl (C=O) groups is 1. The van der Waals surface area contributed by atoms with Crippen LogP contribution in [0.2, 0.25) is 0 Å². The van der Waals surface area contributed by atoms with Gasteiger partial charge < -0.3 is 19.4 Å². The monoisotopic (exact) mass is 511 g/mol. The van der Waals surface area contributed by atoms with E-state index in [0.29, 0.717) is 18.1 Å². The van der Waals surface area contributed by atoms with Gasteiger partial charge in [0.1, 0.15) is 23.0 Å². The van der Waals surface area contributed by atoms with Gasteiger partial charge in [-0.1, -0.05) is 19.1 Å². The minimum Gasteiger partial charge on any atom is -0.339 e. The molecule has 0 saturated carbocycles. The standard InChI is InChI=1S/C30H30FN5O2/c1-3-22-23(20-15-24(29(37)34(2)18-20)33-28-12-11-21(31)17-32-28)8-6-10-26(22)36-14-13-35-25-9-5-4-7-19(25)16-27(35)30(36)38/h6,8,10-12,15-18H,3-5,7,9,13-14H2,1-2H3,(H,32,33). The van der Waals surface area contributed by atoms with Crippen LogP contribution in [0, 0.1) is 5.82 Å². The quantitative estimate of drug-likeness (QED) is 0.398. The van der Waals surface area contributed by atoms with Gasteiger partial charge in [-0.15, -0.1) is 0 Å². The Morgan fingerprint density at radius 2 is 1.89 bits per heavy atom. The van der Waals surface area contributed by atoms with Crippen molar-refractivity contribution in [3.8, 4) is 11.1 Å². The second-order valence-corrected chi connectivity index (χ2v) is 10.0. The highest BCUT2D eigenvalue weighted by Gasteiger charge is 2.31. The van der Waals surface area contributed by atoms with Gasteiger partial charge in [0.05, 0.1) is 6.20 Å². The van der Waals surface area contributed by atoms with E-state index in [1.807, 2.05) is 23.1 Å². The van der Waals surface area contributed by atoms with Crippen LogP contribution in [0.1, 0.15) is 47.1 Å². The predicted molar refractivity (Wildman–Crippen MR) is 147 cm³/mol. The van der Waals surface area contributed by atoms with Crippen molar-refractivity contribution in [1.82, 2.24) is 14.1 Å². The van der Waals surface area contributed by atoms with Gasteiger partial charge in [-0.2, -0.15) is 0 Å². The zero-order valence-electron chi connectivity index (χ0n) is 21.6. The Hall–Kier alpha value is -4.20. The molecule has 2 aliphatic rings. The van der Waals surface area contributed by atoms with Crippen molar-refractivity contribution in [3.05, 3.63) is 93.5 Å². The molecule has 0 spiro atoms. The van der Waals surface area contributed by atoms with Crippen LogP contribution in [0.4, 0.5) is 21.6 Å². The van der Waals surface area contributed by atoms with Gasteiger partial charge >= 0.3 is 0 Å². The van der Waals surface area contributed by atoms with Crippen LogP contribution in [0.3, 0.4) is 0 Å². The third kappa shape index (κ3) is 4.10. The molecule has 7 nitrogen and oxygen atoms in total. The SMILES string of the molecule is CCc1c(-c2cc(Nc3ccc(F)cn3)c(=O)n(C)c2)cccc1N1CCn2c(cc3c2CCCC3)C1=O. The molecule has 4 heterocycles. The maximum atomic E-state index is 13.7. The Bertz CT molecular complexity index is 1600. The van der Waals surface area contributed by atoms with E-state index in [4.69, 9.17) is 0 Å². The molecular weight excluding hydrogens is 481 g/mol. The fourth-order valence-electron chi connectivity index (χ4n) is 5.87. The van der Waals surface area contributed by atoms with Crippen molar-refractivity contribution in [2.75, 3.05) is 16.8 Å². The molecule has 0 radical (unpaired) electrons. The third-order valence-corrected chi connectivity index (χ3v) is 7.70. The van der Waals surface area contributed by atoms with Crippen molar-refractivity contribution >= 4 is 23.1 Å². The van der Waals surface area contributed by atoms with Crippen LogP contribution in [-0.2, 0) is 32.9 Å². The molecule has 4 aromatic rings. The number of hydrogen-bond acceptors (Lipinski definition) is 4. The van der Waals surface area contributed by atoms with Crippen LogP contribution < -0.4 is 15.8 Å². The number of anilines is 3. The molecule has 1 amide bonds. The molecule has 1 aliphatic heterocycles. The second-order valence-electron chi connectivity index (χ2n) is 10.0. The molecule has 0 atom stereocenters. The van der Waals surface area contributed by atoms with Crippen LogP contribution >= 0.6 is 0 Å². The van der Waals surface area contributed by atoms with Gasteiger partial charge in [-0.3, -0.25) is 9.59 Å². The number of amides is 1. The second kappa shape index (κ2) is 9.59. The molecular formula is C30H30FN5O2. The Morgan fingerprint density at radius 3 is 2.68 bits per heavy atom. The number of carbonyl (C=O) groups excluding carboxylic acids is 1. The zero-order chi connectivity index (χ0) is 26.4.